The van der Waals surface area contributed by atoms with Crippen LogP contribution in [0.15, 0.2) is 30.5 Å². The van der Waals surface area contributed by atoms with Crippen LogP contribution in [0.3, 0.4) is 0 Å². The molecule has 2 atom stereocenters. The first-order valence-electron chi connectivity index (χ1n) is 14.5. The lowest BCUT2D eigenvalue weighted by molar-refractivity contribution is -0.137. The zero-order valence-corrected chi connectivity index (χ0v) is 24.8. The van der Waals surface area contributed by atoms with Gasteiger partial charge in [0.2, 0.25) is 11.9 Å². The minimum Gasteiger partial charge on any atom is -0.366 e. The van der Waals surface area contributed by atoms with Crippen molar-refractivity contribution in [1.29, 1.82) is 0 Å². The van der Waals surface area contributed by atoms with Crippen molar-refractivity contribution in [2.45, 2.75) is 50.4 Å². The number of alkyl halides is 3. The molecule has 1 saturated carbocycles. The van der Waals surface area contributed by atoms with Gasteiger partial charge in [0.15, 0.2) is 0 Å². The highest BCUT2D eigenvalue weighted by Crippen LogP contribution is 2.37. The summed E-state index contributed by atoms with van der Waals surface area (Å²) in [5, 5.41) is 5.93. The van der Waals surface area contributed by atoms with Crippen LogP contribution in [-0.4, -0.2) is 100 Å². The molecule has 3 aliphatic rings. The number of hydrogen-bond donors (Lipinski definition) is 2. The topological polar surface area (TPSA) is 93.7 Å². The highest BCUT2D eigenvalue weighted by molar-refractivity contribution is 7.99. The van der Waals surface area contributed by atoms with Gasteiger partial charge in [-0.05, 0) is 70.1 Å². The Kier molecular flexibility index (Phi) is 9.46. The van der Waals surface area contributed by atoms with Crippen LogP contribution in [0.2, 0.25) is 0 Å². The number of nitrogens with one attached hydrogen (secondary N) is 2. The molecule has 2 aliphatic heterocycles. The summed E-state index contributed by atoms with van der Waals surface area (Å²) in [6, 6.07) is 6.49. The Labute approximate surface area is 248 Å². The second-order valence-corrected chi connectivity index (χ2v) is 12.6. The molecule has 0 spiro atoms. The molecule has 42 heavy (non-hydrogen) atoms. The van der Waals surface area contributed by atoms with E-state index in [9.17, 15) is 22.8 Å². The molecule has 3 heterocycles. The zero-order valence-electron chi connectivity index (χ0n) is 24.0. The number of thioether (sulfide) groups is 1. The largest absolute Gasteiger partial charge is 0.421 e. The Morgan fingerprint density at radius 3 is 2.38 bits per heavy atom. The van der Waals surface area contributed by atoms with Crippen LogP contribution < -0.4 is 10.6 Å². The summed E-state index contributed by atoms with van der Waals surface area (Å²) in [6.45, 7) is 3.23. The van der Waals surface area contributed by atoms with Gasteiger partial charge in [-0.3, -0.25) is 9.59 Å². The van der Waals surface area contributed by atoms with Crippen LogP contribution in [0.1, 0.15) is 48.0 Å². The standard InChI is InChI=1S/C29H38F3N7O2S/c1-37-12-10-21(11-13-37)38(2)26(40)19-6-8-20(9-7-19)34-28-33-18-23(29(30,31)32)25(36-28)35-24-5-3-4-22(24)27(41)39-14-16-42-17-15-39/h6-9,18,21-22,24H,3-5,10-17H2,1-2H3,(H2,33,34,35,36)/t22-,24+/m0/s1. The number of amides is 2. The molecule has 0 unspecified atom stereocenters. The van der Waals surface area contributed by atoms with E-state index in [-0.39, 0.29) is 29.6 Å². The number of piperidine rings is 1. The van der Waals surface area contributed by atoms with E-state index in [0.29, 0.717) is 37.2 Å². The maximum atomic E-state index is 13.9. The Hall–Kier alpha value is -3.06. The predicted molar refractivity (Wildman–Crippen MR) is 158 cm³/mol. The number of anilines is 3. The number of benzene rings is 1. The van der Waals surface area contributed by atoms with E-state index in [1.54, 1.807) is 40.9 Å². The van der Waals surface area contributed by atoms with E-state index in [0.717, 1.165) is 50.1 Å². The van der Waals surface area contributed by atoms with Gasteiger partial charge in [-0.15, -0.1) is 0 Å². The summed E-state index contributed by atoms with van der Waals surface area (Å²) in [5.74, 6) is 0.935. The number of rotatable bonds is 7. The number of carbonyl (C=O) groups is 2. The first-order valence-corrected chi connectivity index (χ1v) is 15.7. The van der Waals surface area contributed by atoms with E-state index in [4.69, 9.17) is 0 Å². The molecule has 1 aromatic carbocycles. The molecular weight excluding hydrogens is 567 g/mol. The van der Waals surface area contributed by atoms with E-state index < -0.39 is 23.7 Å². The van der Waals surface area contributed by atoms with Gasteiger partial charge >= 0.3 is 6.18 Å². The predicted octanol–water partition coefficient (Wildman–Crippen LogP) is 4.56. The molecule has 1 aliphatic carbocycles. The summed E-state index contributed by atoms with van der Waals surface area (Å²) in [5.41, 5.74) is 0.0939. The molecule has 0 bridgehead atoms. The Balaban J connectivity index is 1.28. The molecule has 5 rings (SSSR count). The summed E-state index contributed by atoms with van der Waals surface area (Å²) in [6.07, 6.45) is -0.0719. The highest BCUT2D eigenvalue weighted by Gasteiger charge is 2.40. The third-order valence-corrected chi connectivity index (χ3v) is 9.46. The monoisotopic (exact) mass is 605 g/mol. The molecule has 1 aromatic heterocycles. The maximum Gasteiger partial charge on any atom is 0.421 e. The average Bonchev–Trinajstić information content (AvgIpc) is 3.45. The smallest absolute Gasteiger partial charge is 0.366 e. The third-order valence-electron chi connectivity index (χ3n) is 8.52. The van der Waals surface area contributed by atoms with Crippen molar-refractivity contribution in [2.75, 3.05) is 62.4 Å². The van der Waals surface area contributed by atoms with E-state index in [1.807, 2.05) is 11.9 Å². The SMILES string of the molecule is CN1CCC(N(C)C(=O)c2ccc(Nc3ncc(C(F)(F)F)c(N[C@@H]4CCC[C@@H]4C(=O)N4CCSCC4)n3)cc2)CC1. The Morgan fingerprint density at radius 1 is 1.02 bits per heavy atom. The highest BCUT2D eigenvalue weighted by atomic mass is 32.2. The maximum absolute atomic E-state index is 13.9. The van der Waals surface area contributed by atoms with Gasteiger partial charge in [0.25, 0.3) is 5.91 Å². The molecule has 228 valence electrons. The van der Waals surface area contributed by atoms with Crippen LogP contribution in [0, 0.1) is 5.92 Å². The first-order chi connectivity index (χ1) is 20.1. The van der Waals surface area contributed by atoms with Crippen molar-refractivity contribution >= 4 is 41.0 Å². The molecule has 2 aromatic rings. The fraction of sp³-hybridized carbons (Fsp3) is 0.586. The van der Waals surface area contributed by atoms with Crippen LogP contribution in [0.25, 0.3) is 0 Å². The fourth-order valence-corrected chi connectivity index (χ4v) is 6.86. The number of hydrogen-bond acceptors (Lipinski definition) is 8. The average molecular weight is 606 g/mol. The van der Waals surface area contributed by atoms with Crippen LogP contribution in [0.5, 0.6) is 0 Å². The molecule has 2 amide bonds. The lowest BCUT2D eigenvalue weighted by atomic mass is 10.0. The fourth-order valence-electron chi connectivity index (χ4n) is 5.96. The molecular formula is C29H38F3N7O2S. The number of halogens is 3. The second kappa shape index (κ2) is 13.1. The van der Waals surface area contributed by atoms with Gasteiger partial charge in [0.05, 0.1) is 5.92 Å². The lowest BCUT2D eigenvalue weighted by Gasteiger charge is -2.35. The summed E-state index contributed by atoms with van der Waals surface area (Å²) >= 11 is 1.80. The van der Waals surface area contributed by atoms with Crippen molar-refractivity contribution < 1.29 is 22.8 Å². The van der Waals surface area contributed by atoms with Gasteiger partial charge in [0.1, 0.15) is 11.4 Å². The summed E-state index contributed by atoms with van der Waals surface area (Å²) < 4.78 is 41.7. The minimum absolute atomic E-state index is 0.00219. The minimum atomic E-state index is -4.66. The molecule has 3 fully saturated rings. The molecule has 13 heteroatoms. The third kappa shape index (κ3) is 7.11. The number of carbonyl (C=O) groups excluding carboxylic acids is 2. The molecule has 9 nitrogen and oxygen atoms in total. The lowest BCUT2D eigenvalue weighted by Crippen LogP contribution is -2.45. The second-order valence-electron chi connectivity index (χ2n) is 11.3. The van der Waals surface area contributed by atoms with E-state index in [1.165, 1.54) is 0 Å². The number of aromatic nitrogens is 2. The van der Waals surface area contributed by atoms with Crippen molar-refractivity contribution in [2.24, 2.45) is 5.92 Å². The Morgan fingerprint density at radius 2 is 1.71 bits per heavy atom. The van der Waals surface area contributed by atoms with Gasteiger partial charge in [0, 0.05) is 61.2 Å². The first kappa shape index (κ1) is 30.4. The van der Waals surface area contributed by atoms with E-state index in [2.05, 4.69) is 32.5 Å². The van der Waals surface area contributed by atoms with Gasteiger partial charge in [-0.1, -0.05) is 6.42 Å². The number of nitrogens with zero attached hydrogens (tertiary/aromatic N) is 5. The van der Waals surface area contributed by atoms with Crippen LogP contribution >= 0.6 is 11.8 Å². The van der Waals surface area contributed by atoms with E-state index >= 15 is 0 Å². The van der Waals surface area contributed by atoms with Crippen LogP contribution in [0.4, 0.5) is 30.6 Å². The van der Waals surface area contributed by atoms with Crippen molar-refractivity contribution in [3.63, 3.8) is 0 Å². The van der Waals surface area contributed by atoms with Gasteiger partial charge < -0.3 is 25.3 Å². The van der Waals surface area contributed by atoms with Crippen molar-refractivity contribution in [1.82, 2.24) is 24.7 Å². The quantitative estimate of drug-likeness (QED) is 0.475. The van der Waals surface area contributed by atoms with Crippen molar-refractivity contribution in [3.05, 3.63) is 41.6 Å². The zero-order chi connectivity index (χ0) is 29.9. The molecule has 0 radical (unpaired) electrons. The van der Waals surface area contributed by atoms with Gasteiger partial charge in [-0.2, -0.15) is 29.9 Å². The van der Waals surface area contributed by atoms with Crippen molar-refractivity contribution in [3.8, 4) is 0 Å². The number of likely N-dealkylation sites (tertiary alicyclic amines) is 1. The molecule has 2 saturated heterocycles. The summed E-state index contributed by atoms with van der Waals surface area (Å²) in [4.78, 5) is 40.2. The summed E-state index contributed by atoms with van der Waals surface area (Å²) in [7, 11) is 3.90. The Bertz CT molecular complexity index is 1250. The normalized spacial score (nSPS) is 22.2. The molecule has 2 N–H and O–H groups in total. The van der Waals surface area contributed by atoms with Gasteiger partial charge in [-0.25, -0.2) is 4.98 Å². The van der Waals surface area contributed by atoms with Crippen LogP contribution in [-0.2, 0) is 11.0 Å².